The number of hydrogen-bond donors (Lipinski definition) is 3. The Hall–Kier alpha value is -2.75. The van der Waals surface area contributed by atoms with E-state index in [2.05, 4.69) is 10.3 Å². The molecule has 25 heavy (non-hydrogen) atoms. The lowest BCUT2D eigenvalue weighted by atomic mass is 9.95. The van der Waals surface area contributed by atoms with Gasteiger partial charge >= 0.3 is 0 Å². The highest BCUT2D eigenvalue weighted by molar-refractivity contribution is 6.10. The quantitative estimate of drug-likeness (QED) is 0.618. The Bertz CT molecular complexity index is 892. The highest BCUT2D eigenvalue weighted by atomic mass is 16.1. The zero-order valence-corrected chi connectivity index (χ0v) is 14.2. The minimum Gasteiger partial charge on any atom is -0.399 e. The average Bonchev–Trinajstić information content (AvgIpc) is 3.02. The molecule has 2 aromatic carbocycles. The Labute approximate surface area is 147 Å². The average molecular weight is 333 g/mol. The second-order valence-corrected chi connectivity index (χ2v) is 6.85. The van der Waals surface area contributed by atoms with Gasteiger partial charge in [0.2, 0.25) is 0 Å². The minimum absolute atomic E-state index is 0.0273. The predicted octanol–water partition coefficient (Wildman–Crippen LogP) is 4.48. The lowest BCUT2D eigenvalue weighted by Gasteiger charge is -2.22. The summed E-state index contributed by atoms with van der Waals surface area (Å²) in [4.78, 5) is 16.3. The number of carbonyl (C=O) groups is 1. The number of rotatable bonds is 3. The van der Waals surface area contributed by atoms with E-state index in [0.717, 1.165) is 34.9 Å². The molecular formula is C21H23N3O. The van der Waals surface area contributed by atoms with Gasteiger partial charge in [0.05, 0.1) is 0 Å². The van der Waals surface area contributed by atoms with Gasteiger partial charge in [-0.1, -0.05) is 49.6 Å². The summed E-state index contributed by atoms with van der Waals surface area (Å²) in [7, 11) is 0. The number of fused-ring (bicyclic) bond motifs is 1. The van der Waals surface area contributed by atoms with Crippen LogP contribution in [-0.2, 0) is 0 Å². The van der Waals surface area contributed by atoms with Crippen LogP contribution in [-0.4, -0.2) is 16.9 Å². The first-order valence-corrected chi connectivity index (χ1v) is 9.00. The van der Waals surface area contributed by atoms with Crippen LogP contribution in [0, 0.1) is 0 Å². The maximum Gasteiger partial charge on any atom is 0.268 e. The van der Waals surface area contributed by atoms with E-state index in [0.29, 0.717) is 11.4 Å². The topological polar surface area (TPSA) is 70.9 Å². The number of carbonyl (C=O) groups excluding carboxylic acids is 1. The van der Waals surface area contributed by atoms with Crippen molar-refractivity contribution in [3.8, 4) is 11.1 Å². The largest absolute Gasteiger partial charge is 0.399 e. The van der Waals surface area contributed by atoms with Gasteiger partial charge in [-0.25, -0.2) is 0 Å². The Balaban J connectivity index is 1.78. The molecule has 1 aromatic heterocycles. The number of amides is 1. The Morgan fingerprint density at radius 2 is 1.80 bits per heavy atom. The number of nitrogens with one attached hydrogen (secondary N) is 2. The van der Waals surface area contributed by atoms with Crippen LogP contribution in [0.4, 0.5) is 5.69 Å². The molecule has 3 aromatic rings. The molecule has 0 radical (unpaired) electrons. The fourth-order valence-corrected chi connectivity index (χ4v) is 3.79. The number of anilines is 1. The summed E-state index contributed by atoms with van der Waals surface area (Å²) in [6.45, 7) is 0. The van der Waals surface area contributed by atoms with E-state index in [1.165, 1.54) is 19.3 Å². The standard InChI is InChI=1S/C21H23N3O/c22-15-11-12-18-17(13-15)19(14-7-3-1-4-8-14)20(24-18)21(25)23-16-9-5-2-6-10-16/h1,3-4,7-8,11-13,16,24H,2,5-6,9-10,22H2,(H,23,25). The summed E-state index contributed by atoms with van der Waals surface area (Å²) in [6, 6.07) is 16.0. The summed E-state index contributed by atoms with van der Waals surface area (Å²) in [5.74, 6) is -0.0273. The second-order valence-electron chi connectivity index (χ2n) is 6.85. The third kappa shape index (κ3) is 3.12. The molecule has 0 unspecified atom stereocenters. The van der Waals surface area contributed by atoms with E-state index in [1.54, 1.807) is 0 Å². The molecule has 0 bridgehead atoms. The summed E-state index contributed by atoms with van der Waals surface area (Å²) >= 11 is 0. The van der Waals surface area contributed by atoms with Crippen LogP contribution in [0.3, 0.4) is 0 Å². The maximum atomic E-state index is 13.0. The van der Waals surface area contributed by atoms with Crippen LogP contribution < -0.4 is 11.1 Å². The van der Waals surface area contributed by atoms with Gasteiger partial charge in [-0.3, -0.25) is 4.79 Å². The fraction of sp³-hybridized carbons (Fsp3) is 0.286. The lowest BCUT2D eigenvalue weighted by Crippen LogP contribution is -2.36. The molecule has 1 heterocycles. The Kier molecular flexibility index (Phi) is 4.18. The number of H-pyrrole nitrogens is 1. The predicted molar refractivity (Wildman–Crippen MR) is 102 cm³/mol. The van der Waals surface area contributed by atoms with Crippen molar-refractivity contribution in [3.05, 3.63) is 54.2 Å². The van der Waals surface area contributed by atoms with Gasteiger partial charge < -0.3 is 16.0 Å². The van der Waals surface area contributed by atoms with Gasteiger partial charge in [0, 0.05) is 28.2 Å². The van der Waals surface area contributed by atoms with Crippen LogP contribution in [0.25, 0.3) is 22.0 Å². The smallest absolute Gasteiger partial charge is 0.268 e. The first-order chi connectivity index (χ1) is 12.2. The fourth-order valence-electron chi connectivity index (χ4n) is 3.79. The Morgan fingerprint density at radius 3 is 2.56 bits per heavy atom. The first kappa shape index (κ1) is 15.8. The van der Waals surface area contributed by atoms with Gasteiger partial charge in [-0.15, -0.1) is 0 Å². The van der Waals surface area contributed by atoms with Gasteiger partial charge in [-0.05, 0) is 36.6 Å². The zero-order valence-electron chi connectivity index (χ0n) is 14.2. The van der Waals surface area contributed by atoms with Crippen molar-refractivity contribution in [2.75, 3.05) is 5.73 Å². The van der Waals surface area contributed by atoms with Crippen LogP contribution in [0.15, 0.2) is 48.5 Å². The minimum atomic E-state index is -0.0273. The van der Waals surface area contributed by atoms with E-state index in [-0.39, 0.29) is 11.9 Å². The number of aromatic nitrogens is 1. The highest BCUT2D eigenvalue weighted by Crippen LogP contribution is 2.33. The first-order valence-electron chi connectivity index (χ1n) is 9.00. The summed E-state index contributed by atoms with van der Waals surface area (Å²) in [5, 5.41) is 4.21. The lowest BCUT2D eigenvalue weighted by molar-refractivity contribution is 0.0924. The number of nitrogens with two attached hydrogens (primary N) is 1. The maximum absolute atomic E-state index is 13.0. The van der Waals surface area contributed by atoms with Crippen molar-refractivity contribution in [2.45, 2.75) is 38.1 Å². The van der Waals surface area contributed by atoms with Crippen molar-refractivity contribution in [2.24, 2.45) is 0 Å². The summed E-state index contributed by atoms with van der Waals surface area (Å²) in [5.41, 5.74) is 10.2. The molecule has 4 heteroatoms. The third-order valence-corrected chi connectivity index (χ3v) is 5.05. The number of nitrogen functional groups attached to an aromatic ring is 1. The normalized spacial score (nSPS) is 15.4. The SMILES string of the molecule is Nc1ccc2[nH]c(C(=O)NC3CCCCC3)c(-c3ccccc3)c2c1. The molecule has 4 nitrogen and oxygen atoms in total. The van der Waals surface area contributed by atoms with Crippen LogP contribution in [0.2, 0.25) is 0 Å². The van der Waals surface area contributed by atoms with Crippen LogP contribution in [0.5, 0.6) is 0 Å². The number of benzene rings is 2. The van der Waals surface area contributed by atoms with Crippen molar-refractivity contribution in [3.63, 3.8) is 0 Å². The summed E-state index contributed by atoms with van der Waals surface area (Å²) < 4.78 is 0. The van der Waals surface area contributed by atoms with Gasteiger partial charge in [0.15, 0.2) is 0 Å². The molecule has 1 fully saturated rings. The van der Waals surface area contributed by atoms with Crippen molar-refractivity contribution in [1.29, 1.82) is 0 Å². The Morgan fingerprint density at radius 1 is 1.04 bits per heavy atom. The molecule has 1 saturated carbocycles. The molecule has 0 aliphatic heterocycles. The van der Waals surface area contributed by atoms with Crippen LogP contribution >= 0.6 is 0 Å². The molecule has 1 aliphatic carbocycles. The molecule has 128 valence electrons. The molecule has 4 rings (SSSR count). The zero-order chi connectivity index (χ0) is 17.2. The number of hydrogen-bond acceptors (Lipinski definition) is 2. The third-order valence-electron chi connectivity index (χ3n) is 5.05. The monoisotopic (exact) mass is 333 g/mol. The van der Waals surface area contributed by atoms with Crippen molar-refractivity contribution >= 4 is 22.5 Å². The molecule has 1 aliphatic rings. The van der Waals surface area contributed by atoms with Gasteiger partial charge in [0.25, 0.3) is 5.91 Å². The van der Waals surface area contributed by atoms with E-state index in [1.807, 2.05) is 48.5 Å². The highest BCUT2D eigenvalue weighted by Gasteiger charge is 2.22. The number of aromatic amines is 1. The molecule has 4 N–H and O–H groups in total. The second kappa shape index (κ2) is 6.63. The molecule has 1 amide bonds. The molecule has 0 atom stereocenters. The van der Waals surface area contributed by atoms with E-state index < -0.39 is 0 Å². The van der Waals surface area contributed by atoms with Gasteiger partial charge in [-0.2, -0.15) is 0 Å². The van der Waals surface area contributed by atoms with E-state index >= 15 is 0 Å². The molecule has 0 spiro atoms. The molecular weight excluding hydrogens is 310 g/mol. The van der Waals surface area contributed by atoms with Gasteiger partial charge in [0.1, 0.15) is 5.69 Å². The van der Waals surface area contributed by atoms with E-state index in [4.69, 9.17) is 5.73 Å². The molecule has 0 saturated heterocycles. The van der Waals surface area contributed by atoms with Crippen molar-refractivity contribution in [1.82, 2.24) is 10.3 Å². The van der Waals surface area contributed by atoms with Crippen LogP contribution in [0.1, 0.15) is 42.6 Å². The van der Waals surface area contributed by atoms with Crippen molar-refractivity contribution < 1.29 is 4.79 Å². The van der Waals surface area contributed by atoms with E-state index in [9.17, 15) is 4.79 Å². The summed E-state index contributed by atoms with van der Waals surface area (Å²) in [6.07, 6.45) is 5.80.